The SMILES string of the molecule is CC(C)C(C)Nc1cc(N)nc(Cl)n1. The maximum atomic E-state index is 5.67. The first-order chi connectivity index (χ1) is 6.49. The summed E-state index contributed by atoms with van der Waals surface area (Å²) in [6.07, 6.45) is 0. The largest absolute Gasteiger partial charge is 0.383 e. The highest BCUT2D eigenvalue weighted by Crippen LogP contribution is 2.14. The number of nitrogens with one attached hydrogen (secondary N) is 1. The van der Waals surface area contributed by atoms with Gasteiger partial charge in [0.25, 0.3) is 0 Å². The monoisotopic (exact) mass is 214 g/mol. The molecule has 0 saturated carbocycles. The van der Waals surface area contributed by atoms with E-state index < -0.39 is 0 Å². The topological polar surface area (TPSA) is 63.8 Å². The zero-order valence-electron chi connectivity index (χ0n) is 8.58. The van der Waals surface area contributed by atoms with Gasteiger partial charge in [-0.15, -0.1) is 0 Å². The van der Waals surface area contributed by atoms with Crippen LogP contribution in [-0.2, 0) is 0 Å². The molecular formula is C9H15ClN4. The molecule has 3 N–H and O–H groups in total. The van der Waals surface area contributed by atoms with E-state index in [9.17, 15) is 0 Å². The molecule has 0 amide bonds. The van der Waals surface area contributed by atoms with Crippen molar-refractivity contribution in [2.75, 3.05) is 11.1 Å². The van der Waals surface area contributed by atoms with Crippen molar-refractivity contribution in [1.29, 1.82) is 0 Å². The van der Waals surface area contributed by atoms with Crippen molar-refractivity contribution in [1.82, 2.24) is 9.97 Å². The molecule has 0 aliphatic rings. The quantitative estimate of drug-likeness (QED) is 0.757. The molecule has 0 aromatic carbocycles. The van der Waals surface area contributed by atoms with E-state index in [0.29, 0.717) is 23.6 Å². The molecule has 0 saturated heterocycles. The Morgan fingerprint density at radius 3 is 2.50 bits per heavy atom. The molecule has 4 nitrogen and oxygen atoms in total. The number of hydrogen-bond acceptors (Lipinski definition) is 4. The second kappa shape index (κ2) is 4.46. The van der Waals surface area contributed by atoms with Crippen LogP contribution < -0.4 is 11.1 Å². The van der Waals surface area contributed by atoms with Crippen LogP contribution in [0.1, 0.15) is 20.8 Å². The van der Waals surface area contributed by atoms with Crippen molar-refractivity contribution >= 4 is 23.2 Å². The van der Waals surface area contributed by atoms with Gasteiger partial charge in [-0.05, 0) is 24.4 Å². The maximum absolute atomic E-state index is 5.67. The van der Waals surface area contributed by atoms with Crippen molar-refractivity contribution < 1.29 is 0 Å². The molecule has 1 unspecified atom stereocenters. The molecule has 1 aromatic rings. The van der Waals surface area contributed by atoms with Gasteiger partial charge in [-0.3, -0.25) is 0 Å². The van der Waals surface area contributed by atoms with Gasteiger partial charge in [0.1, 0.15) is 11.6 Å². The molecule has 1 aromatic heterocycles. The van der Waals surface area contributed by atoms with E-state index in [0.717, 1.165) is 0 Å². The fourth-order valence-electron chi connectivity index (χ4n) is 0.909. The number of rotatable bonds is 3. The zero-order valence-corrected chi connectivity index (χ0v) is 9.34. The van der Waals surface area contributed by atoms with E-state index in [4.69, 9.17) is 17.3 Å². The Balaban J connectivity index is 2.76. The van der Waals surface area contributed by atoms with E-state index in [2.05, 4.69) is 36.1 Å². The van der Waals surface area contributed by atoms with Crippen LogP contribution in [0.4, 0.5) is 11.6 Å². The van der Waals surface area contributed by atoms with Gasteiger partial charge in [-0.25, -0.2) is 9.97 Å². The van der Waals surface area contributed by atoms with E-state index in [1.54, 1.807) is 6.07 Å². The average molecular weight is 215 g/mol. The third-order valence-electron chi connectivity index (χ3n) is 2.09. The van der Waals surface area contributed by atoms with Gasteiger partial charge in [0, 0.05) is 12.1 Å². The lowest BCUT2D eigenvalue weighted by molar-refractivity contribution is 0.558. The predicted molar refractivity (Wildman–Crippen MR) is 59.4 cm³/mol. The minimum atomic E-state index is 0.170. The molecule has 0 fully saturated rings. The van der Waals surface area contributed by atoms with Gasteiger partial charge < -0.3 is 11.1 Å². The van der Waals surface area contributed by atoms with Gasteiger partial charge in [0.05, 0.1) is 0 Å². The zero-order chi connectivity index (χ0) is 10.7. The smallest absolute Gasteiger partial charge is 0.226 e. The third-order valence-corrected chi connectivity index (χ3v) is 2.26. The Morgan fingerprint density at radius 2 is 2.00 bits per heavy atom. The Kier molecular flexibility index (Phi) is 3.52. The summed E-state index contributed by atoms with van der Waals surface area (Å²) >= 11 is 5.67. The van der Waals surface area contributed by atoms with Crippen LogP contribution in [0, 0.1) is 5.92 Å². The molecule has 1 rings (SSSR count). The minimum absolute atomic E-state index is 0.170. The van der Waals surface area contributed by atoms with Crippen LogP contribution in [0.2, 0.25) is 5.28 Å². The minimum Gasteiger partial charge on any atom is -0.383 e. The first-order valence-electron chi connectivity index (χ1n) is 4.55. The van der Waals surface area contributed by atoms with Crippen LogP contribution in [0.5, 0.6) is 0 Å². The molecule has 14 heavy (non-hydrogen) atoms. The predicted octanol–water partition coefficient (Wildman–Crippen LogP) is 2.17. The fraction of sp³-hybridized carbons (Fsp3) is 0.556. The summed E-state index contributed by atoms with van der Waals surface area (Å²) in [6, 6.07) is 1.99. The van der Waals surface area contributed by atoms with Gasteiger partial charge in [0.15, 0.2) is 0 Å². The van der Waals surface area contributed by atoms with E-state index in [1.807, 2.05) is 0 Å². The molecule has 1 heterocycles. The standard InChI is InChI=1S/C9H15ClN4/c1-5(2)6(3)12-8-4-7(11)13-9(10)14-8/h4-6H,1-3H3,(H3,11,12,13,14). The summed E-state index contributed by atoms with van der Waals surface area (Å²) < 4.78 is 0. The summed E-state index contributed by atoms with van der Waals surface area (Å²) in [4.78, 5) is 7.80. The normalized spacial score (nSPS) is 12.9. The number of nitrogen functional groups attached to an aromatic ring is 1. The number of nitrogens with two attached hydrogens (primary N) is 1. The highest BCUT2D eigenvalue weighted by atomic mass is 35.5. The lowest BCUT2D eigenvalue weighted by atomic mass is 10.1. The summed E-state index contributed by atoms with van der Waals surface area (Å²) in [5, 5.41) is 3.38. The van der Waals surface area contributed by atoms with Crippen LogP contribution in [0.3, 0.4) is 0 Å². The Bertz CT molecular complexity index is 293. The fourth-order valence-corrected chi connectivity index (χ4v) is 1.10. The highest BCUT2D eigenvalue weighted by molar-refractivity contribution is 6.28. The molecule has 0 radical (unpaired) electrons. The maximum Gasteiger partial charge on any atom is 0.226 e. The van der Waals surface area contributed by atoms with Gasteiger partial charge in [0.2, 0.25) is 5.28 Å². The van der Waals surface area contributed by atoms with Gasteiger partial charge in [-0.2, -0.15) is 0 Å². The first-order valence-corrected chi connectivity index (χ1v) is 4.93. The van der Waals surface area contributed by atoms with Crippen LogP contribution in [0.25, 0.3) is 0 Å². The molecule has 1 atom stereocenters. The summed E-state index contributed by atoms with van der Waals surface area (Å²) in [7, 11) is 0. The Hall–Kier alpha value is -1.03. The molecular weight excluding hydrogens is 200 g/mol. The van der Waals surface area contributed by atoms with E-state index in [-0.39, 0.29) is 5.28 Å². The van der Waals surface area contributed by atoms with Crippen molar-refractivity contribution in [3.63, 3.8) is 0 Å². The molecule has 0 spiro atoms. The number of hydrogen-bond donors (Lipinski definition) is 2. The van der Waals surface area contributed by atoms with E-state index >= 15 is 0 Å². The lowest BCUT2D eigenvalue weighted by Crippen LogP contribution is -2.22. The first kappa shape index (κ1) is 11.0. The Labute approximate surface area is 88.9 Å². The van der Waals surface area contributed by atoms with Crippen molar-refractivity contribution in [2.45, 2.75) is 26.8 Å². The van der Waals surface area contributed by atoms with Crippen molar-refractivity contribution in [2.24, 2.45) is 5.92 Å². The third kappa shape index (κ3) is 3.03. The molecule has 0 aliphatic carbocycles. The number of nitrogens with zero attached hydrogens (tertiary/aromatic N) is 2. The van der Waals surface area contributed by atoms with E-state index in [1.165, 1.54) is 0 Å². The second-order valence-corrected chi connectivity index (χ2v) is 3.96. The molecule has 5 heteroatoms. The second-order valence-electron chi connectivity index (χ2n) is 3.62. The lowest BCUT2D eigenvalue weighted by Gasteiger charge is -2.17. The molecule has 0 bridgehead atoms. The molecule has 78 valence electrons. The number of anilines is 2. The average Bonchev–Trinajstić information content (AvgIpc) is 2.01. The van der Waals surface area contributed by atoms with Crippen LogP contribution in [-0.4, -0.2) is 16.0 Å². The van der Waals surface area contributed by atoms with Gasteiger partial charge in [-0.1, -0.05) is 13.8 Å². The van der Waals surface area contributed by atoms with Crippen LogP contribution >= 0.6 is 11.6 Å². The van der Waals surface area contributed by atoms with Crippen LogP contribution in [0.15, 0.2) is 6.07 Å². The van der Waals surface area contributed by atoms with Crippen molar-refractivity contribution in [3.8, 4) is 0 Å². The summed E-state index contributed by atoms with van der Waals surface area (Å²) in [6.45, 7) is 6.34. The number of aromatic nitrogens is 2. The summed E-state index contributed by atoms with van der Waals surface area (Å²) in [5.74, 6) is 1.57. The molecule has 0 aliphatic heterocycles. The van der Waals surface area contributed by atoms with Gasteiger partial charge >= 0.3 is 0 Å². The van der Waals surface area contributed by atoms with Crippen molar-refractivity contribution in [3.05, 3.63) is 11.3 Å². The summed E-state index contributed by atoms with van der Waals surface area (Å²) in [5.41, 5.74) is 5.54. The number of halogens is 1. The highest BCUT2D eigenvalue weighted by Gasteiger charge is 2.08. The Morgan fingerprint density at radius 1 is 1.36 bits per heavy atom.